The monoisotopic (exact) mass is 453 g/mol. The smallest absolute Gasteiger partial charge is 0.354 e. The number of hydrogen-bond acceptors (Lipinski definition) is 3. The lowest BCUT2D eigenvalue weighted by molar-refractivity contribution is -0.141. The van der Waals surface area contributed by atoms with Crippen LogP contribution < -0.4 is 5.32 Å². The zero-order valence-corrected chi connectivity index (χ0v) is 17.1. The summed E-state index contributed by atoms with van der Waals surface area (Å²) in [7, 11) is 0. The molecule has 1 amide bonds. The van der Waals surface area contributed by atoms with E-state index in [9.17, 15) is 26.7 Å². The highest BCUT2D eigenvalue weighted by Gasteiger charge is 2.37. The zero-order valence-electron chi connectivity index (χ0n) is 16.3. The van der Waals surface area contributed by atoms with E-state index < -0.39 is 35.9 Å². The number of nitrogens with zero attached hydrogens (tertiary/aromatic N) is 4. The minimum atomic E-state index is -4.50. The number of aryl methyl sites for hydroxylation is 1. The maximum absolute atomic E-state index is 12.9. The second kappa shape index (κ2) is 8.52. The van der Waals surface area contributed by atoms with Gasteiger partial charge in [0.2, 0.25) is 5.91 Å². The van der Waals surface area contributed by atoms with Gasteiger partial charge in [-0.25, -0.2) is 8.78 Å². The highest BCUT2D eigenvalue weighted by Crippen LogP contribution is 2.42. The second-order valence-corrected chi connectivity index (χ2v) is 7.68. The first-order valence-corrected chi connectivity index (χ1v) is 9.83. The summed E-state index contributed by atoms with van der Waals surface area (Å²) in [6, 6.07) is 0.210. The molecule has 0 radical (unpaired) electrons. The quantitative estimate of drug-likeness (QED) is 0.467. The number of aromatic nitrogens is 4. The van der Waals surface area contributed by atoms with Gasteiger partial charge in [-0.3, -0.25) is 14.2 Å². The molecule has 0 spiro atoms. The van der Waals surface area contributed by atoms with Crippen molar-refractivity contribution < 1.29 is 26.7 Å². The Morgan fingerprint density at radius 3 is 2.53 bits per heavy atom. The number of alkyl halides is 5. The van der Waals surface area contributed by atoms with E-state index >= 15 is 0 Å². The Morgan fingerprint density at radius 2 is 2.00 bits per heavy atom. The molecule has 2 aromatic rings. The van der Waals surface area contributed by atoms with E-state index in [1.54, 1.807) is 0 Å². The van der Waals surface area contributed by atoms with Crippen molar-refractivity contribution in [2.45, 2.75) is 64.2 Å². The second-order valence-electron chi connectivity index (χ2n) is 7.30. The van der Waals surface area contributed by atoms with Crippen LogP contribution in [0.15, 0.2) is 6.07 Å². The minimum Gasteiger partial charge on any atom is -0.354 e. The van der Waals surface area contributed by atoms with E-state index in [1.807, 2.05) is 0 Å². The van der Waals surface area contributed by atoms with Gasteiger partial charge < -0.3 is 5.32 Å². The van der Waals surface area contributed by atoms with Crippen molar-refractivity contribution in [2.24, 2.45) is 0 Å². The van der Waals surface area contributed by atoms with Crippen molar-refractivity contribution >= 4 is 17.5 Å². The first kappa shape index (κ1) is 22.5. The molecular formula is C18H21ClF5N5O. The van der Waals surface area contributed by atoms with E-state index in [-0.39, 0.29) is 29.7 Å². The van der Waals surface area contributed by atoms with Gasteiger partial charge in [0.1, 0.15) is 11.7 Å². The summed E-state index contributed by atoms with van der Waals surface area (Å²) in [6.45, 7) is 3.39. The van der Waals surface area contributed by atoms with Crippen molar-refractivity contribution in [1.82, 2.24) is 24.9 Å². The fourth-order valence-electron chi connectivity index (χ4n) is 3.19. The third kappa shape index (κ3) is 4.76. The van der Waals surface area contributed by atoms with Crippen LogP contribution in [-0.4, -0.2) is 32.0 Å². The average Bonchev–Trinajstić information content (AvgIpc) is 3.34. The molecule has 166 valence electrons. The molecule has 0 saturated heterocycles. The first-order chi connectivity index (χ1) is 14.0. The van der Waals surface area contributed by atoms with Crippen LogP contribution in [0.2, 0.25) is 5.02 Å². The standard InChI is InChI=1S/C18H21ClF5N5O/c1-9-14(19)15(16(20)21)27-29(9)10(2)17(30)25-6-3-7-28-12(11-4-5-11)8-13(26-28)18(22,23)24/h8,10-11,16H,3-7H2,1-2H3,(H,25,30). The molecule has 1 unspecified atom stereocenters. The summed E-state index contributed by atoms with van der Waals surface area (Å²) in [5, 5.41) is 9.84. The van der Waals surface area contributed by atoms with Gasteiger partial charge in [-0.2, -0.15) is 23.4 Å². The van der Waals surface area contributed by atoms with E-state index in [2.05, 4.69) is 15.5 Å². The molecule has 30 heavy (non-hydrogen) atoms. The van der Waals surface area contributed by atoms with Crippen molar-refractivity contribution in [3.8, 4) is 0 Å². The predicted molar refractivity (Wildman–Crippen MR) is 98.5 cm³/mol. The first-order valence-electron chi connectivity index (χ1n) is 9.46. The van der Waals surface area contributed by atoms with Gasteiger partial charge in [-0.05, 0) is 39.2 Å². The lowest BCUT2D eigenvalue weighted by Gasteiger charge is -2.15. The van der Waals surface area contributed by atoms with Gasteiger partial charge in [0.15, 0.2) is 5.69 Å². The molecule has 1 aliphatic carbocycles. The molecule has 1 saturated carbocycles. The SMILES string of the molecule is Cc1c(Cl)c(C(F)F)nn1C(C)C(=O)NCCCn1nc(C(F)(F)F)cc1C1CC1. The highest BCUT2D eigenvalue weighted by molar-refractivity contribution is 6.31. The molecular weight excluding hydrogens is 433 g/mol. The molecule has 0 bridgehead atoms. The fraction of sp³-hybridized carbons (Fsp3) is 0.611. The summed E-state index contributed by atoms with van der Waals surface area (Å²) in [5.41, 5.74) is -0.688. The molecule has 2 heterocycles. The van der Waals surface area contributed by atoms with Crippen LogP contribution in [0.25, 0.3) is 0 Å². The van der Waals surface area contributed by atoms with Crippen molar-refractivity contribution in [3.05, 3.63) is 33.9 Å². The maximum atomic E-state index is 12.9. The lowest BCUT2D eigenvalue weighted by atomic mass is 10.2. The number of rotatable bonds is 8. The van der Waals surface area contributed by atoms with Gasteiger partial charge >= 0.3 is 6.18 Å². The van der Waals surface area contributed by atoms with E-state index in [0.29, 0.717) is 12.1 Å². The zero-order chi connectivity index (χ0) is 22.2. The third-order valence-corrected chi connectivity index (χ3v) is 5.46. The summed E-state index contributed by atoms with van der Waals surface area (Å²) in [6.07, 6.45) is -5.33. The Kier molecular flexibility index (Phi) is 6.40. The number of carbonyl (C=O) groups is 1. The van der Waals surface area contributed by atoms with E-state index in [1.165, 1.54) is 18.5 Å². The number of halogens is 6. The van der Waals surface area contributed by atoms with Gasteiger partial charge in [0.25, 0.3) is 6.43 Å². The van der Waals surface area contributed by atoms with Crippen LogP contribution in [-0.2, 0) is 17.5 Å². The van der Waals surface area contributed by atoms with Gasteiger partial charge in [0.05, 0.1) is 10.7 Å². The Labute approximate surface area is 174 Å². The molecule has 6 nitrogen and oxygen atoms in total. The maximum Gasteiger partial charge on any atom is 0.435 e. The molecule has 1 N–H and O–H groups in total. The Morgan fingerprint density at radius 1 is 1.33 bits per heavy atom. The molecule has 1 aliphatic rings. The molecule has 0 aromatic carbocycles. The molecule has 2 aromatic heterocycles. The highest BCUT2D eigenvalue weighted by atomic mass is 35.5. The number of hydrogen-bond donors (Lipinski definition) is 1. The molecule has 1 fully saturated rings. The predicted octanol–water partition coefficient (Wildman–Crippen LogP) is 4.64. The summed E-state index contributed by atoms with van der Waals surface area (Å²) in [5.74, 6) is -0.364. The van der Waals surface area contributed by atoms with Crippen LogP contribution in [0.1, 0.15) is 67.3 Å². The van der Waals surface area contributed by atoms with Gasteiger partial charge in [-0.1, -0.05) is 11.6 Å². The van der Waals surface area contributed by atoms with Gasteiger partial charge in [0, 0.05) is 24.7 Å². The largest absolute Gasteiger partial charge is 0.435 e. The summed E-state index contributed by atoms with van der Waals surface area (Å²) < 4.78 is 67.1. The van der Waals surface area contributed by atoms with Crippen LogP contribution in [0, 0.1) is 6.92 Å². The van der Waals surface area contributed by atoms with E-state index in [4.69, 9.17) is 11.6 Å². The van der Waals surface area contributed by atoms with Crippen LogP contribution in [0.4, 0.5) is 22.0 Å². The summed E-state index contributed by atoms with van der Waals surface area (Å²) in [4.78, 5) is 12.3. The number of carbonyl (C=O) groups excluding carboxylic acids is 1. The Balaban J connectivity index is 1.57. The summed E-state index contributed by atoms with van der Waals surface area (Å²) >= 11 is 5.85. The van der Waals surface area contributed by atoms with Gasteiger partial charge in [-0.15, -0.1) is 0 Å². The molecule has 3 rings (SSSR count). The Hall–Kier alpha value is -2.17. The normalized spacial score (nSPS) is 15.6. The van der Waals surface area contributed by atoms with Crippen molar-refractivity contribution in [2.75, 3.05) is 6.54 Å². The third-order valence-electron chi connectivity index (χ3n) is 5.00. The topological polar surface area (TPSA) is 64.7 Å². The van der Waals surface area contributed by atoms with Crippen molar-refractivity contribution in [1.29, 1.82) is 0 Å². The average molecular weight is 454 g/mol. The van der Waals surface area contributed by atoms with E-state index in [0.717, 1.165) is 23.6 Å². The Bertz CT molecular complexity index is 919. The molecule has 1 atom stereocenters. The molecule has 0 aliphatic heterocycles. The van der Waals surface area contributed by atoms with Crippen LogP contribution >= 0.6 is 11.6 Å². The van der Waals surface area contributed by atoms with Crippen molar-refractivity contribution in [3.63, 3.8) is 0 Å². The van der Waals surface area contributed by atoms with Crippen LogP contribution in [0.3, 0.4) is 0 Å². The fourth-order valence-corrected chi connectivity index (χ4v) is 3.40. The number of amides is 1. The minimum absolute atomic E-state index is 0.0970. The van der Waals surface area contributed by atoms with Crippen LogP contribution in [0.5, 0.6) is 0 Å². The lowest BCUT2D eigenvalue weighted by Crippen LogP contribution is -2.33. The number of nitrogens with one attached hydrogen (secondary N) is 1. The molecule has 12 heteroatoms.